The van der Waals surface area contributed by atoms with Crippen LogP contribution >= 0.6 is 0 Å². The van der Waals surface area contributed by atoms with E-state index >= 15 is 0 Å². The fourth-order valence-corrected chi connectivity index (χ4v) is 3.68. The molecule has 0 saturated heterocycles. The van der Waals surface area contributed by atoms with Gasteiger partial charge in [-0.2, -0.15) is 0 Å². The smallest absolute Gasteiger partial charge is 0.408 e. The average molecular weight is 389 g/mol. The number of nitrogens with one attached hydrogen (secondary N) is 2. The van der Waals surface area contributed by atoms with Crippen LogP contribution in [-0.2, 0) is 0 Å². The van der Waals surface area contributed by atoms with Crippen molar-refractivity contribution in [1.29, 1.82) is 0 Å². The number of likely N-dealkylation sites (N-methyl/N-ethyl adjacent to an activating group) is 1. The maximum Gasteiger partial charge on any atom is 0.417 e. The van der Waals surface area contributed by atoms with Crippen molar-refractivity contribution in [1.82, 2.24) is 10.3 Å². The number of anilines is 1. The summed E-state index contributed by atoms with van der Waals surface area (Å²) in [5.74, 6) is -0.726. The minimum atomic E-state index is -0.531. The van der Waals surface area contributed by atoms with Gasteiger partial charge in [0.25, 0.3) is 5.91 Å². The molecule has 3 aromatic rings. The van der Waals surface area contributed by atoms with E-state index in [1.54, 1.807) is 18.2 Å². The number of oxazole rings is 1. The van der Waals surface area contributed by atoms with Crippen LogP contribution in [0.2, 0.25) is 0 Å². The molecule has 0 radical (unpaired) electrons. The predicted octanol–water partition coefficient (Wildman–Crippen LogP) is 3.63. The molecule has 1 heterocycles. The Morgan fingerprint density at radius 2 is 2.03 bits per heavy atom. The van der Waals surface area contributed by atoms with Gasteiger partial charge in [-0.3, -0.25) is 9.78 Å². The lowest BCUT2D eigenvalue weighted by Gasteiger charge is -2.33. The highest BCUT2D eigenvalue weighted by atomic mass is 16.4. The van der Waals surface area contributed by atoms with Crippen molar-refractivity contribution in [2.45, 2.75) is 18.9 Å². The highest BCUT2D eigenvalue weighted by molar-refractivity contribution is 5.97. The number of carbonyl (C=O) groups is 1. The Kier molecular flexibility index (Phi) is 4.84. The van der Waals surface area contributed by atoms with Crippen molar-refractivity contribution in [3.63, 3.8) is 0 Å². The van der Waals surface area contributed by atoms with Crippen LogP contribution in [0.4, 0.5) is 5.69 Å². The van der Waals surface area contributed by atoms with Gasteiger partial charge in [-0.25, -0.2) is 4.79 Å². The number of amides is 1. The standard InChI is InChI=1S/C23H23N3O3/c1-23(25-21(27)17-10-11-20-19(13-17)24-22(28)29-20)12-6-7-16(14-23)15-26(2)18-8-4-3-5-9-18/h3-13H,14-15H2,1-2H3,(H,24,28)(H,25,27). The van der Waals surface area contributed by atoms with Crippen LogP contribution < -0.4 is 16.0 Å². The number of hydrogen-bond acceptors (Lipinski definition) is 4. The number of para-hydroxylation sites is 1. The van der Waals surface area contributed by atoms with E-state index in [1.807, 2.05) is 37.3 Å². The molecule has 6 heteroatoms. The molecular formula is C23H23N3O3. The number of benzene rings is 2. The van der Waals surface area contributed by atoms with Crippen LogP contribution in [0.25, 0.3) is 11.1 Å². The summed E-state index contributed by atoms with van der Waals surface area (Å²) in [5, 5.41) is 3.12. The maximum absolute atomic E-state index is 12.8. The van der Waals surface area contributed by atoms with E-state index in [0.29, 0.717) is 16.7 Å². The van der Waals surface area contributed by atoms with Gasteiger partial charge in [-0.1, -0.05) is 36.4 Å². The molecule has 1 amide bonds. The Bertz CT molecular complexity index is 1160. The van der Waals surface area contributed by atoms with Crippen LogP contribution in [0.3, 0.4) is 0 Å². The number of allylic oxidation sites excluding steroid dienone is 2. The topological polar surface area (TPSA) is 78.3 Å². The van der Waals surface area contributed by atoms with Crippen molar-refractivity contribution in [3.05, 3.63) is 88.4 Å². The monoisotopic (exact) mass is 389 g/mol. The minimum absolute atomic E-state index is 0.196. The molecule has 0 aliphatic heterocycles. The van der Waals surface area contributed by atoms with E-state index in [0.717, 1.165) is 18.7 Å². The zero-order chi connectivity index (χ0) is 20.4. The molecule has 4 rings (SSSR count). The number of aromatic amines is 1. The molecule has 0 saturated carbocycles. The van der Waals surface area contributed by atoms with Gasteiger partial charge in [0, 0.05) is 24.8 Å². The second-order valence-electron chi connectivity index (χ2n) is 7.65. The molecule has 0 bridgehead atoms. The lowest BCUT2D eigenvalue weighted by atomic mass is 9.87. The van der Waals surface area contributed by atoms with E-state index in [2.05, 4.69) is 40.5 Å². The molecule has 2 aromatic carbocycles. The lowest BCUT2D eigenvalue weighted by molar-refractivity contribution is 0.0922. The van der Waals surface area contributed by atoms with E-state index in [4.69, 9.17) is 4.42 Å². The minimum Gasteiger partial charge on any atom is -0.408 e. The summed E-state index contributed by atoms with van der Waals surface area (Å²) in [6.45, 7) is 2.79. The van der Waals surface area contributed by atoms with Crippen LogP contribution in [0.5, 0.6) is 0 Å². The molecule has 6 nitrogen and oxygen atoms in total. The molecule has 0 spiro atoms. The molecule has 148 valence electrons. The quantitative estimate of drug-likeness (QED) is 0.698. The molecule has 29 heavy (non-hydrogen) atoms. The third-order valence-corrected chi connectivity index (χ3v) is 5.11. The summed E-state index contributed by atoms with van der Waals surface area (Å²) in [7, 11) is 2.06. The fourth-order valence-electron chi connectivity index (χ4n) is 3.68. The second kappa shape index (κ2) is 7.47. The third-order valence-electron chi connectivity index (χ3n) is 5.11. The summed E-state index contributed by atoms with van der Waals surface area (Å²) in [6.07, 6.45) is 6.83. The first-order valence-electron chi connectivity index (χ1n) is 9.51. The molecule has 1 aliphatic rings. The lowest BCUT2D eigenvalue weighted by Crippen LogP contribution is -2.46. The molecule has 1 atom stereocenters. The highest BCUT2D eigenvalue weighted by Gasteiger charge is 2.27. The molecule has 2 N–H and O–H groups in total. The summed E-state index contributed by atoms with van der Waals surface area (Å²) in [4.78, 5) is 28.9. The Labute approximate surface area is 168 Å². The van der Waals surface area contributed by atoms with E-state index in [1.165, 1.54) is 5.57 Å². The zero-order valence-corrected chi connectivity index (χ0v) is 16.4. The van der Waals surface area contributed by atoms with Crippen LogP contribution in [-0.4, -0.2) is 30.0 Å². The fraction of sp³-hybridized carbons (Fsp3) is 0.217. The maximum atomic E-state index is 12.8. The summed E-state index contributed by atoms with van der Waals surface area (Å²) < 4.78 is 4.99. The molecule has 1 aromatic heterocycles. The van der Waals surface area contributed by atoms with Gasteiger partial charge >= 0.3 is 5.76 Å². The Morgan fingerprint density at radius 3 is 2.83 bits per heavy atom. The Morgan fingerprint density at radius 1 is 1.24 bits per heavy atom. The van der Waals surface area contributed by atoms with E-state index < -0.39 is 11.3 Å². The molecular weight excluding hydrogens is 366 g/mol. The number of aromatic nitrogens is 1. The van der Waals surface area contributed by atoms with E-state index in [9.17, 15) is 9.59 Å². The van der Waals surface area contributed by atoms with Crippen molar-refractivity contribution in [3.8, 4) is 0 Å². The summed E-state index contributed by atoms with van der Waals surface area (Å²) >= 11 is 0. The first kappa shape index (κ1) is 18.8. The summed E-state index contributed by atoms with van der Waals surface area (Å²) in [6, 6.07) is 15.1. The number of rotatable bonds is 5. The van der Waals surface area contributed by atoms with Crippen LogP contribution in [0, 0.1) is 0 Å². The first-order chi connectivity index (χ1) is 13.9. The van der Waals surface area contributed by atoms with Crippen molar-refractivity contribution in [2.24, 2.45) is 0 Å². The van der Waals surface area contributed by atoms with Gasteiger partial charge in [0.15, 0.2) is 5.58 Å². The SMILES string of the molecule is CN(CC1=CC=CC(C)(NC(=O)c2ccc3oc(=O)[nH]c3c2)C1)c1ccccc1. The number of H-pyrrole nitrogens is 1. The predicted molar refractivity (Wildman–Crippen MR) is 114 cm³/mol. The highest BCUT2D eigenvalue weighted by Crippen LogP contribution is 2.25. The normalized spacial score (nSPS) is 18.5. The van der Waals surface area contributed by atoms with Gasteiger partial charge < -0.3 is 14.6 Å². The van der Waals surface area contributed by atoms with E-state index in [-0.39, 0.29) is 5.91 Å². The zero-order valence-electron chi connectivity index (χ0n) is 16.4. The first-order valence-corrected chi connectivity index (χ1v) is 9.51. The van der Waals surface area contributed by atoms with Crippen molar-refractivity contribution >= 4 is 22.7 Å². The third kappa shape index (κ3) is 4.16. The van der Waals surface area contributed by atoms with Gasteiger partial charge in [0.2, 0.25) is 0 Å². The van der Waals surface area contributed by atoms with Crippen LogP contribution in [0.1, 0.15) is 23.7 Å². The number of nitrogens with zero attached hydrogens (tertiary/aromatic N) is 1. The van der Waals surface area contributed by atoms with Crippen molar-refractivity contribution in [2.75, 3.05) is 18.5 Å². The van der Waals surface area contributed by atoms with Gasteiger partial charge in [-0.15, -0.1) is 0 Å². The number of fused-ring (bicyclic) bond motifs is 1. The average Bonchev–Trinajstić information content (AvgIpc) is 3.07. The van der Waals surface area contributed by atoms with Crippen molar-refractivity contribution < 1.29 is 9.21 Å². The largest absolute Gasteiger partial charge is 0.417 e. The number of hydrogen-bond donors (Lipinski definition) is 2. The van der Waals surface area contributed by atoms with Gasteiger partial charge in [-0.05, 0) is 49.2 Å². The molecule has 1 aliphatic carbocycles. The molecule has 1 unspecified atom stereocenters. The summed E-state index contributed by atoms with van der Waals surface area (Å²) in [5.41, 5.74) is 3.31. The second-order valence-corrected chi connectivity index (χ2v) is 7.65. The Balaban J connectivity index is 1.45. The molecule has 0 fully saturated rings. The Hall–Kier alpha value is -3.54. The van der Waals surface area contributed by atoms with Crippen LogP contribution in [0.15, 0.2) is 81.5 Å². The van der Waals surface area contributed by atoms with Gasteiger partial charge in [0.1, 0.15) is 0 Å². The number of carbonyl (C=O) groups excluding carboxylic acids is 1. The van der Waals surface area contributed by atoms with Gasteiger partial charge in [0.05, 0.1) is 11.1 Å².